The van der Waals surface area contributed by atoms with Crippen molar-refractivity contribution in [2.75, 3.05) is 0 Å². The van der Waals surface area contributed by atoms with Gasteiger partial charge in [-0.25, -0.2) is 9.97 Å². The molecule has 0 saturated carbocycles. The number of hydrogen-bond acceptors (Lipinski definition) is 2. The van der Waals surface area contributed by atoms with Crippen LogP contribution in [0.3, 0.4) is 0 Å². The minimum Gasteiger partial charge on any atom is -0.309 e. The van der Waals surface area contributed by atoms with Crippen LogP contribution < -0.4 is 0 Å². The van der Waals surface area contributed by atoms with Gasteiger partial charge in [-0.05, 0) is 105 Å². The second-order valence-corrected chi connectivity index (χ2v) is 15.8. The van der Waals surface area contributed by atoms with E-state index in [4.69, 9.17) is 9.97 Å². The van der Waals surface area contributed by atoms with Crippen molar-refractivity contribution < 1.29 is 0 Å². The van der Waals surface area contributed by atoms with E-state index in [1.54, 1.807) is 0 Å². The first-order chi connectivity index (χ1) is 30.7. The molecule has 0 saturated heterocycles. The van der Waals surface area contributed by atoms with Crippen molar-refractivity contribution in [2.45, 2.75) is 0 Å². The molecule has 4 nitrogen and oxygen atoms in total. The number of rotatable bonds is 7. The maximum Gasteiger partial charge on any atom is 0.235 e. The summed E-state index contributed by atoms with van der Waals surface area (Å²) in [5, 5.41) is 4.81. The van der Waals surface area contributed by atoms with Crippen LogP contribution in [0.2, 0.25) is 0 Å². The summed E-state index contributed by atoms with van der Waals surface area (Å²) in [5.41, 5.74) is 17.1. The van der Waals surface area contributed by atoms with E-state index in [0.717, 1.165) is 49.9 Å². The fraction of sp³-hybridized carbons (Fsp3) is 0. The summed E-state index contributed by atoms with van der Waals surface area (Å²) in [6.07, 6.45) is 1.87. The highest BCUT2D eigenvalue weighted by molar-refractivity contribution is 6.12. The number of nitrogens with zero attached hydrogens (tertiary/aromatic N) is 4. The summed E-state index contributed by atoms with van der Waals surface area (Å²) < 4.78 is 4.56. The Morgan fingerprint density at radius 2 is 0.694 bits per heavy atom. The SMILES string of the molecule is c1ccc(-c2ccc(-c3ccc(-c4cccc(-c5ccnc(-n6c7ccccc7c7cc(-c8ccc9c(c8)c8ccccc8n9-c8ccccc8)ccc76)n5)c4)cc3)cc2)cc1. The fourth-order valence-electron chi connectivity index (χ4n) is 9.19. The summed E-state index contributed by atoms with van der Waals surface area (Å²) in [4.78, 5) is 10.1. The number of fused-ring (bicyclic) bond motifs is 6. The minimum atomic E-state index is 0.643. The molecule has 0 aliphatic heterocycles. The number of aromatic nitrogens is 4. The number of para-hydroxylation sites is 3. The van der Waals surface area contributed by atoms with Crippen LogP contribution in [0.25, 0.3) is 111 Å². The van der Waals surface area contributed by atoms with Crippen LogP contribution in [-0.2, 0) is 0 Å². The third-order valence-electron chi connectivity index (χ3n) is 12.2. The molecule has 0 fully saturated rings. The average Bonchev–Trinajstić information content (AvgIpc) is 3.87. The third-order valence-corrected chi connectivity index (χ3v) is 12.2. The molecule has 0 atom stereocenters. The zero-order valence-corrected chi connectivity index (χ0v) is 33.7. The number of hydrogen-bond donors (Lipinski definition) is 0. The Kier molecular flexibility index (Phi) is 8.46. The van der Waals surface area contributed by atoms with E-state index in [9.17, 15) is 0 Å². The molecule has 0 spiro atoms. The Morgan fingerprint density at radius 1 is 0.274 bits per heavy atom. The van der Waals surface area contributed by atoms with Gasteiger partial charge >= 0.3 is 0 Å². The lowest BCUT2D eigenvalue weighted by Gasteiger charge is -2.10. The second-order valence-electron chi connectivity index (χ2n) is 15.8. The van der Waals surface area contributed by atoms with Crippen LogP contribution in [0, 0.1) is 0 Å². The summed E-state index contributed by atoms with van der Waals surface area (Å²) in [6.45, 7) is 0. The highest BCUT2D eigenvalue weighted by Crippen LogP contribution is 2.38. The molecular formula is C58H38N4. The summed E-state index contributed by atoms with van der Waals surface area (Å²) in [5.74, 6) is 0.643. The summed E-state index contributed by atoms with van der Waals surface area (Å²) >= 11 is 0. The van der Waals surface area contributed by atoms with Gasteiger partial charge < -0.3 is 4.57 Å². The van der Waals surface area contributed by atoms with Crippen LogP contribution in [0.15, 0.2) is 231 Å². The monoisotopic (exact) mass is 790 g/mol. The van der Waals surface area contributed by atoms with Crippen LogP contribution in [-0.4, -0.2) is 19.1 Å². The van der Waals surface area contributed by atoms with Crippen molar-refractivity contribution in [1.29, 1.82) is 0 Å². The molecule has 62 heavy (non-hydrogen) atoms. The molecule has 0 amide bonds. The normalized spacial score (nSPS) is 11.5. The van der Waals surface area contributed by atoms with Gasteiger partial charge in [-0.15, -0.1) is 0 Å². The van der Waals surface area contributed by atoms with E-state index >= 15 is 0 Å². The topological polar surface area (TPSA) is 35.6 Å². The molecule has 0 radical (unpaired) electrons. The molecule has 12 aromatic rings. The molecule has 0 bridgehead atoms. The van der Waals surface area contributed by atoms with Crippen LogP contribution in [0.1, 0.15) is 0 Å². The Hall–Kier alpha value is -8.34. The Labute approximate surface area is 359 Å². The lowest BCUT2D eigenvalue weighted by Crippen LogP contribution is -2.01. The average molecular weight is 791 g/mol. The minimum absolute atomic E-state index is 0.643. The van der Waals surface area contributed by atoms with E-state index in [0.29, 0.717) is 5.95 Å². The molecule has 12 rings (SSSR count). The number of benzene rings is 9. The first-order valence-corrected chi connectivity index (χ1v) is 21.1. The molecule has 0 aliphatic carbocycles. The van der Waals surface area contributed by atoms with E-state index < -0.39 is 0 Å². The Bertz CT molecular complexity index is 3600. The maximum atomic E-state index is 5.22. The van der Waals surface area contributed by atoms with Crippen LogP contribution >= 0.6 is 0 Å². The largest absolute Gasteiger partial charge is 0.309 e. The van der Waals surface area contributed by atoms with Crippen molar-refractivity contribution in [1.82, 2.24) is 19.1 Å². The quantitative estimate of drug-likeness (QED) is 0.161. The zero-order chi connectivity index (χ0) is 41.0. The third kappa shape index (κ3) is 6.08. The molecule has 0 unspecified atom stereocenters. The lowest BCUT2D eigenvalue weighted by molar-refractivity contribution is 0.992. The lowest BCUT2D eigenvalue weighted by atomic mass is 9.97. The molecule has 290 valence electrons. The van der Waals surface area contributed by atoms with Gasteiger partial charge in [-0.1, -0.05) is 164 Å². The highest BCUT2D eigenvalue weighted by atomic mass is 15.2. The predicted octanol–water partition coefficient (Wildman–Crippen LogP) is 15.0. The first-order valence-electron chi connectivity index (χ1n) is 21.1. The van der Waals surface area contributed by atoms with Gasteiger partial charge in [0.25, 0.3) is 0 Å². The summed E-state index contributed by atoms with van der Waals surface area (Å²) in [7, 11) is 0. The van der Waals surface area contributed by atoms with E-state index in [1.807, 2.05) is 12.3 Å². The van der Waals surface area contributed by atoms with Gasteiger partial charge in [0.15, 0.2) is 0 Å². The van der Waals surface area contributed by atoms with Crippen LogP contribution in [0.4, 0.5) is 0 Å². The van der Waals surface area contributed by atoms with Crippen molar-refractivity contribution in [3.05, 3.63) is 231 Å². The van der Waals surface area contributed by atoms with E-state index in [1.165, 1.54) is 55.2 Å². The summed E-state index contributed by atoms with van der Waals surface area (Å²) in [6, 6.07) is 80.3. The first kappa shape index (κ1) is 35.6. The van der Waals surface area contributed by atoms with Gasteiger partial charge in [-0.2, -0.15) is 0 Å². The Balaban J connectivity index is 0.878. The highest BCUT2D eigenvalue weighted by Gasteiger charge is 2.18. The van der Waals surface area contributed by atoms with Gasteiger partial charge in [-0.3, -0.25) is 4.57 Å². The molecular weight excluding hydrogens is 753 g/mol. The second kappa shape index (κ2) is 14.7. The molecule has 3 aromatic heterocycles. The molecule has 0 aliphatic rings. The van der Waals surface area contributed by atoms with Gasteiger partial charge in [0.2, 0.25) is 5.95 Å². The van der Waals surface area contributed by atoms with Crippen molar-refractivity contribution >= 4 is 43.6 Å². The maximum absolute atomic E-state index is 5.22. The molecule has 4 heteroatoms. The molecule has 9 aromatic carbocycles. The van der Waals surface area contributed by atoms with Crippen LogP contribution in [0.5, 0.6) is 0 Å². The Morgan fingerprint density at radius 3 is 1.31 bits per heavy atom. The standard InChI is InChI=1S/C58H38N4/c1-3-12-39(13-4-1)40-22-24-41(25-23-40)42-26-28-43(29-27-42)44-14-11-15-47(36-44)53-34-35-59-58(60-53)62-55-21-10-8-19-50(55)52-38-46(31-33-57(52)62)45-30-32-56-51(37-45)49-18-7-9-20-54(49)61(56)48-16-5-2-6-17-48/h1-38H. The zero-order valence-electron chi connectivity index (χ0n) is 33.7. The van der Waals surface area contributed by atoms with Crippen molar-refractivity contribution in [3.63, 3.8) is 0 Å². The predicted molar refractivity (Wildman–Crippen MR) is 258 cm³/mol. The van der Waals surface area contributed by atoms with Gasteiger partial charge in [0.05, 0.1) is 27.8 Å². The van der Waals surface area contributed by atoms with Crippen molar-refractivity contribution in [2.24, 2.45) is 0 Å². The molecule has 0 N–H and O–H groups in total. The molecule has 3 heterocycles. The van der Waals surface area contributed by atoms with E-state index in [2.05, 4.69) is 228 Å². The van der Waals surface area contributed by atoms with Crippen molar-refractivity contribution in [3.8, 4) is 67.4 Å². The van der Waals surface area contributed by atoms with E-state index in [-0.39, 0.29) is 0 Å². The fourth-order valence-corrected chi connectivity index (χ4v) is 9.19. The smallest absolute Gasteiger partial charge is 0.235 e. The van der Waals surface area contributed by atoms with Gasteiger partial charge in [0, 0.05) is 39.0 Å². The van der Waals surface area contributed by atoms with Gasteiger partial charge in [0.1, 0.15) is 0 Å².